The summed E-state index contributed by atoms with van der Waals surface area (Å²) < 4.78 is 33.4. The highest BCUT2D eigenvalue weighted by atomic mass is 32.2. The van der Waals surface area contributed by atoms with Crippen LogP contribution in [-0.4, -0.2) is 67.0 Å². The van der Waals surface area contributed by atoms with E-state index in [4.69, 9.17) is 4.74 Å². The summed E-state index contributed by atoms with van der Waals surface area (Å²) in [5.41, 5.74) is -0.403. The van der Waals surface area contributed by atoms with Crippen molar-refractivity contribution >= 4 is 15.9 Å². The molecule has 0 bridgehead atoms. The zero-order chi connectivity index (χ0) is 20.0. The number of piperidine rings is 1. The van der Waals surface area contributed by atoms with E-state index in [1.54, 1.807) is 18.7 Å². The lowest BCUT2D eigenvalue weighted by Gasteiger charge is -2.32. The molecule has 1 aliphatic heterocycles. The third kappa shape index (κ3) is 5.18. The van der Waals surface area contributed by atoms with Gasteiger partial charge in [0, 0.05) is 45.0 Å². The van der Waals surface area contributed by atoms with Gasteiger partial charge >= 0.3 is 0 Å². The number of rotatable bonds is 8. The summed E-state index contributed by atoms with van der Waals surface area (Å²) >= 11 is 0. The molecule has 0 radical (unpaired) electrons. The number of amides is 1. The average molecular weight is 400 g/mol. The standard InChI is InChI=1S/C18H29N3O5S/c1-4-21(5-2)27(24,25)16-9-10-17(22)20(13-16)14-18(23)19-11-7-8-15(12-19)26-6-3/h9-10,13,15H,4-8,11-12,14H2,1-3H3. The van der Waals surface area contributed by atoms with E-state index in [-0.39, 0.29) is 23.5 Å². The zero-order valence-electron chi connectivity index (χ0n) is 16.3. The molecule has 27 heavy (non-hydrogen) atoms. The molecular weight excluding hydrogens is 370 g/mol. The van der Waals surface area contributed by atoms with Gasteiger partial charge in [-0.25, -0.2) is 8.42 Å². The van der Waals surface area contributed by atoms with Crippen molar-refractivity contribution in [3.05, 3.63) is 28.7 Å². The minimum absolute atomic E-state index is 0.0128. The Morgan fingerprint density at radius 1 is 1.26 bits per heavy atom. The highest BCUT2D eigenvalue weighted by Gasteiger charge is 2.25. The first-order valence-electron chi connectivity index (χ1n) is 9.43. The second-order valence-electron chi connectivity index (χ2n) is 6.48. The molecule has 0 N–H and O–H groups in total. The third-order valence-corrected chi connectivity index (χ3v) is 6.77. The van der Waals surface area contributed by atoms with E-state index >= 15 is 0 Å². The van der Waals surface area contributed by atoms with Gasteiger partial charge in [-0.15, -0.1) is 0 Å². The van der Waals surface area contributed by atoms with E-state index < -0.39 is 15.6 Å². The second-order valence-corrected chi connectivity index (χ2v) is 8.42. The van der Waals surface area contributed by atoms with Crippen molar-refractivity contribution < 1.29 is 17.9 Å². The lowest BCUT2D eigenvalue weighted by molar-refractivity contribution is -0.135. The molecule has 1 aliphatic rings. The molecule has 9 heteroatoms. The van der Waals surface area contributed by atoms with Crippen LogP contribution in [0.25, 0.3) is 0 Å². The summed E-state index contributed by atoms with van der Waals surface area (Å²) in [4.78, 5) is 26.5. The van der Waals surface area contributed by atoms with Gasteiger partial charge in [0.05, 0.1) is 11.0 Å². The molecule has 8 nitrogen and oxygen atoms in total. The number of carbonyl (C=O) groups is 1. The van der Waals surface area contributed by atoms with Gasteiger partial charge in [0.2, 0.25) is 15.9 Å². The van der Waals surface area contributed by atoms with E-state index in [2.05, 4.69) is 0 Å². The fourth-order valence-corrected chi connectivity index (χ4v) is 4.76. The first-order valence-corrected chi connectivity index (χ1v) is 10.9. The van der Waals surface area contributed by atoms with Crippen LogP contribution in [0.5, 0.6) is 0 Å². The van der Waals surface area contributed by atoms with Crippen molar-refractivity contribution in [1.82, 2.24) is 13.8 Å². The number of hydrogen-bond donors (Lipinski definition) is 0. The van der Waals surface area contributed by atoms with Crippen LogP contribution in [0.3, 0.4) is 0 Å². The highest BCUT2D eigenvalue weighted by Crippen LogP contribution is 2.15. The van der Waals surface area contributed by atoms with E-state index in [1.807, 2.05) is 6.92 Å². The molecular formula is C18H29N3O5S. The number of nitrogens with zero attached hydrogens (tertiary/aromatic N) is 3. The molecule has 1 aromatic heterocycles. The largest absolute Gasteiger partial charge is 0.377 e. The Hall–Kier alpha value is -1.71. The maximum atomic E-state index is 12.7. The highest BCUT2D eigenvalue weighted by molar-refractivity contribution is 7.89. The molecule has 1 saturated heterocycles. The quantitative estimate of drug-likeness (QED) is 0.648. The topological polar surface area (TPSA) is 88.9 Å². The van der Waals surface area contributed by atoms with Crippen molar-refractivity contribution in [1.29, 1.82) is 0 Å². The van der Waals surface area contributed by atoms with E-state index in [1.165, 1.54) is 27.2 Å². The molecule has 1 aromatic rings. The summed E-state index contributed by atoms with van der Waals surface area (Å²) in [7, 11) is -3.69. The fourth-order valence-electron chi connectivity index (χ4n) is 3.28. The van der Waals surface area contributed by atoms with Crippen LogP contribution in [0.2, 0.25) is 0 Å². The smallest absolute Gasteiger partial charge is 0.251 e. The predicted octanol–water partition coefficient (Wildman–Crippen LogP) is 0.906. The van der Waals surface area contributed by atoms with Crippen LogP contribution in [0.15, 0.2) is 28.0 Å². The Morgan fingerprint density at radius 2 is 1.96 bits per heavy atom. The molecule has 0 aliphatic carbocycles. The number of carbonyl (C=O) groups excluding carboxylic acids is 1. The Morgan fingerprint density at radius 3 is 2.59 bits per heavy atom. The Labute approximate surface area is 160 Å². The number of sulfonamides is 1. The molecule has 2 heterocycles. The van der Waals surface area contributed by atoms with Gasteiger partial charge in [0.25, 0.3) is 5.56 Å². The summed E-state index contributed by atoms with van der Waals surface area (Å²) in [5, 5.41) is 0. The minimum atomic E-state index is -3.69. The number of hydrogen-bond acceptors (Lipinski definition) is 5. The molecule has 0 saturated carbocycles. The zero-order valence-corrected chi connectivity index (χ0v) is 17.1. The second kappa shape index (κ2) is 9.48. The van der Waals surface area contributed by atoms with E-state index in [0.717, 1.165) is 12.8 Å². The maximum Gasteiger partial charge on any atom is 0.251 e. The summed E-state index contributed by atoms with van der Waals surface area (Å²) in [6, 6.07) is 2.49. The molecule has 1 fully saturated rings. The predicted molar refractivity (Wildman–Crippen MR) is 102 cm³/mol. The Kier molecular flexibility index (Phi) is 7.58. The Balaban J connectivity index is 2.19. The van der Waals surface area contributed by atoms with Crippen LogP contribution in [0.4, 0.5) is 0 Å². The van der Waals surface area contributed by atoms with Crippen LogP contribution in [-0.2, 0) is 26.1 Å². The average Bonchev–Trinajstić information content (AvgIpc) is 2.64. The van der Waals surface area contributed by atoms with Crippen molar-refractivity contribution in [3.63, 3.8) is 0 Å². The molecule has 152 valence electrons. The van der Waals surface area contributed by atoms with Gasteiger partial charge < -0.3 is 14.2 Å². The lowest BCUT2D eigenvalue weighted by atomic mass is 10.1. The number of pyridine rings is 1. The maximum absolute atomic E-state index is 12.7. The lowest BCUT2D eigenvalue weighted by Crippen LogP contribution is -2.45. The van der Waals surface area contributed by atoms with Crippen LogP contribution >= 0.6 is 0 Å². The van der Waals surface area contributed by atoms with Gasteiger partial charge in [-0.3, -0.25) is 9.59 Å². The molecule has 1 unspecified atom stereocenters. The van der Waals surface area contributed by atoms with Gasteiger partial charge in [0.15, 0.2) is 0 Å². The van der Waals surface area contributed by atoms with Gasteiger partial charge in [-0.05, 0) is 25.8 Å². The van der Waals surface area contributed by atoms with Crippen LogP contribution in [0, 0.1) is 0 Å². The molecule has 1 amide bonds. The van der Waals surface area contributed by atoms with Crippen molar-refractivity contribution in [2.45, 2.75) is 51.2 Å². The first-order chi connectivity index (χ1) is 12.8. The minimum Gasteiger partial charge on any atom is -0.377 e. The fraction of sp³-hybridized carbons (Fsp3) is 0.667. The molecule has 0 aromatic carbocycles. The molecule has 0 spiro atoms. The molecule has 1 atom stereocenters. The number of likely N-dealkylation sites (tertiary alicyclic amines) is 1. The van der Waals surface area contributed by atoms with E-state index in [0.29, 0.717) is 32.8 Å². The van der Waals surface area contributed by atoms with E-state index in [9.17, 15) is 18.0 Å². The third-order valence-electron chi connectivity index (χ3n) is 4.74. The summed E-state index contributed by atoms with van der Waals surface area (Å²) in [5.74, 6) is -0.209. The van der Waals surface area contributed by atoms with Crippen molar-refractivity contribution in [2.24, 2.45) is 0 Å². The van der Waals surface area contributed by atoms with Crippen molar-refractivity contribution in [2.75, 3.05) is 32.8 Å². The van der Waals surface area contributed by atoms with Crippen LogP contribution in [0.1, 0.15) is 33.6 Å². The normalized spacial score (nSPS) is 18.1. The monoisotopic (exact) mass is 399 g/mol. The SMILES string of the molecule is CCOC1CCCN(C(=O)Cn2cc(S(=O)(=O)N(CC)CC)ccc2=O)C1. The van der Waals surface area contributed by atoms with Gasteiger partial charge in [-0.2, -0.15) is 4.31 Å². The van der Waals surface area contributed by atoms with Crippen molar-refractivity contribution in [3.8, 4) is 0 Å². The van der Waals surface area contributed by atoms with Gasteiger partial charge in [-0.1, -0.05) is 13.8 Å². The number of ether oxygens (including phenoxy) is 1. The molecule has 2 rings (SSSR count). The van der Waals surface area contributed by atoms with Gasteiger partial charge in [0.1, 0.15) is 6.54 Å². The summed E-state index contributed by atoms with van der Waals surface area (Å²) in [6.45, 7) is 7.64. The van der Waals surface area contributed by atoms with Crippen LogP contribution < -0.4 is 5.56 Å². The first kappa shape index (κ1) is 21.6. The number of aromatic nitrogens is 1. The Bertz CT molecular complexity index is 799. The summed E-state index contributed by atoms with van der Waals surface area (Å²) in [6.07, 6.45) is 3.04.